The number of pyridine rings is 1. The summed E-state index contributed by atoms with van der Waals surface area (Å²) in [5, 5.41) is 0. The highest BCUT2D eigenvalue weighted by atomic mass is 32.2. The number of rotatable bonds is 3. The maximum atomic E-state index is 11.2. The minimum atomic E-state index is -0.194. The van der Waals surface area contributed by atoms with Crippen LogP contribution in [0.5, 0.6) is 0 Å². The number of carbonyl (C=O) groups excluding carboxylic acids is 1. The van der Waals surface area contributed by atoms with Crippen molar-refractivity contribution < 1.29 is 4.79 Å². The van der Waals surface area contributed by atoms with Gasteiger partial charge in [0.05, 0.1) is 4.75 Å². The first-order valence-corrected chi connectivity index (χ1v) is 6.25. The molecule has 0 aliphatic carbocycles. The number of nitrogens with zero attached hydrogens (tertiary/aromatic N) is 1. The van der Waals surface area contributed by atoms with Crippen molar-refractivity contribution >= 4 is 18.0 Å². The van der Waals surface area contributed by atoms with Crippen molar-refractivity contribution in [3.05, 3.63) is 29.6 Å². The van der Waals surface area contributed by atoms with Gasteiger partial charge in [-0.15, -0.1) is 11.8 Å². The first-order valence-electron chi connectivity index (χ1n) is 5.27. The van der Waals surface area contributed by atoms with Crippen LogP contribution in [0, 0.1) is 6.92 Å². The fourth-order valence-electron chi connectivity index (χ4n) is 2.00. The highest BCUT2D eigenvalue weighted by Gasteiger charge is 2.34. The lowest BCUT2D eigenvalue weighted by Crippen LogP contribution is -2.26. The van der Waals surface area contributed by atoms with Crippen molar-refractivity contribution in [3.63, 3.8) is 0 Å². The van der Waals surface area contributed by atoms with E-state index in [1.54, 1.807) is 11.8 Å². The zero-order valence-electron chi connectivity index (χ0n) is 8.90. The molecule has 1 atom stereocenters. The molecule has 1 aliphatic rings. The Bertz CT molecular complexity index is 358. The van der Waals surface area contributed by atoms with Crippen LogP contribution in [0.15, 0.2) is 18.2 Å². The van der Waals surface area contributed by atoms with Crippen molar-refractivity contribution in [3.8, 4) is 0 Å². The molecule has 0 bridgehead atoms. The van der Waals surface area contributed by atoms with E-state index >= 15 is 0 Å². The van der Waals surface area contributed by atoms with E-state index in [9.17, 15) is 4.79 Å². The van der Waals surface area contributed by atoms with E-state index in [2.05, 4.69) is 4.98 Å². The summed E-state index contributed by atoms with van der Waals surface area (Å²) in [5.74, 6) is 1.10. The average Bonchev–Trinajstić information content (AvgIpc) is 2.67. The van der Waals surface area contributed by atoms with Gasteiger partial charge in [0, 0.05) is 17.8 Å². The van der Waals surface area contributed by atoms with E-state index in [1.165, 1.54) is 0 Å². The summed E-state index contributed by atoms with van der Waals surface area (Å²) < 4.78 is -0.194. The zero-order chi connectivity index (χ0) is 10.7. The third-order valence-corrected chi connectivity index (χ3v) is 4.29. The van der Waals surface area contributed by atoms with Gasteiger partial charge in [-0.2, -0.15) is 0 Å². The Kier molecular flexibility index (Phi) is 3.10. The maximum absolute atomic E-state index is 11.2. The van der Waals surface area contributed by atoms with Gasteiger partial charge in [0.25, 0.3) is 0 Å². The lowest BCUT2D eigenvalue weighted by atomic mass is 9.98. The molecule has 1 saturated heterocycles. The summed E-state index contributed by atoms with van der Waals surface area (Å²) in [7, 11) is 0. The topological polar surface area (TPSA) is 30.0 Å². The predicted octanol–water partition coefficient (Wildman–Crippen LogP) is 2.40. The van der Waals surface area contributed by atoms with Crippen molar-refractivity contribution in [2.75, 3.05) is 5.75 Å². The SMILES string of the molecule is Cc1cccc(CC2(C=O)CCCS2)n1. The molecule has 2 rings (SSSR count). The molecule has 1 unspecified atom stereocenters. The van der Waals surface area contributed by atoms with E-state index in [-0.39, 0.29) is 4.75 Å². The van der Waals surface area contributed by atoms with Gasteiger partial charge in [-0.25, -0.2) is 0 Å². The van der Waals surface area contributed by atoms with Gasteiger partial charge in [-0.1, -0.05) is 6.07 Å². The van der Waals surface area contributed by atoms with E-state index in [0.717, 1.165) is 42.7 Å². The highest BCUT2D eigenvalue weighted by Crippen LogP contribution is 2.38. The summed E-state index contributed by atoms with van der Waals surface area (Å²) >= 11 is 1.78. The van der Waals surface area contributed by atoms with Crippen molar-refractivity contribution in [1.29, 1.82) is 0 Å². The second-order valence-electron chi connectivity index (χ2n) is 4.08. The fraction of sp³-hybridized carbons (Fsp3) is 0.500. The van der Waals surface area contributed by atoms with Crippen LogP contribution < -0.4 is 0 Å². The average molecular weight is 221 g/mol. The third kappa shape index (κ3) is 2.40. The van der Waals surface area contributed by atoms with Crippen LogP contribution in [-0.2, 0) is 11.2 Å². The van der Waals surface area contributed by atoms with Crippen LogP contribution in [0.1, 0.15) is 24.2 Å². The number of aldehydes is 1. The zero-order valence-corrected chi connectivity index (χ0v) is 9.72. The van der Waals surface area contributed by atoms with E-state index in [1.807, 2.05) is 25.1 Å². The van der Waals surface area contributed by atoms with Gasteiger partial charge >= 0.3 is 0 Å². The molecule has 1 aliphatic heterocycles. The molecular formula is C12H15NOS. The van der Waals surface area contributed by atoms with Gasteiger partial charge in [-0.05, 0) is 37.7 Å². The molecule has 1 aromatic rings. The number of hydrogen-bond acceptors (Lipinski definition) is 3. The third-order valence-electron chi connectivity index (χ3n) is 2.77. The van der Waals surface area contributed by atoms with Gasteiger partial charge < -0.3 is 4.79 Å². The highest BCUT2D eigenvalue weighted by molar-refractivity contribution is 8.01. The Labute approximate surface area is 94.5 Å². The van der Waals surface area contributed by atoms with E-state index in [4.69, 9.17) is 0 Å². The Hall–Kier alpha value is -0.830. The van der Waals surface area contributed by atoms with Crippen LogP contribution in [0.2, 0.25) is 0 Å². The van der Waals surface area contributed by atoms with Crippen LogP contribution in [0.3, 0.4) is 0 Å². The molecule has 0 amide bonds. The second kappa shape index (κ2) is 4.35. The smallest absolute Gasteiger partial charge is 0.136 e. The van der Waals surface area contributed by atoms with Gasteiger partial charge in [0.1, 0.15) is 6.29 Å². The van der Waals surface area contributed by atoms with Crippen molar-refractivity contribution in [2.24, 2.45) is 0 Å². The van der Waals surface area contributed by atoms with Crippen LogP contribution in [-0.4, -0.2) is 21.8 Å². The molecule has 2 nitrogen and oxygen atoms in total. The maximum Gasteiger partial charge on any atom is 0.136 e. The Morgan fingerprint density at radius 1 is 1.60 bits per heavy atom. The number of aryl methyl sites for hydroxylation is 1. The summed E-state index contributed by atoms with van der Waals surface area (Å²) in [6, 6.07) is 6.01. The normalized spacial score (nSPS) is 25.4. The van der Waals surface area contributed by atoms with Crippen molar-refractivity contribution in [1.82, 2.24) is 4.98 Å². The van der Waals surface area contributed by atoms with Crippen LogP contribution >= 0.6 is 11.8 Å². The first-order chi connectivity index (χ1) is 7.24. The number of thioether (sulfide) groups is 1. The lowest BCUT2D eigenvalue weighted by molar-refractivity contribution is -0.109. The second-order valence-corrected chi connectivity index (χ2v) is 5.59. The molecule has 0 radical (unpaired) electrons. The summed E-state index contributed by atoms with van der Waals surface area (Å²) in [4.78, 5) is 15.6. The van der Waals surface area contributed by atoms with E-state index in [0.29, 0.717) is 0 Å². The first kappa shape index (κ1) is 10.7. The summed E-state index contributed by atoms with van der Waals surface area (Å²) in [5.41, 5.74) is 2.06. The Morgan fingerprint density at radius 3 is 3.07 bits per heavy atom. The summed E-state index contributed by atoms with van der Waals surface area (Å²) in [6.07, 6.45) is 4.05. The molecule has 0 N–H and O–H groups in total. The minimum Gasteiger partial charge on any atom is -0.302 e. The molecule has 80 valence electrons. The van der Waals surface area contributed by atoms with Gasteiger partial charge in [-0.3, -0.25) is 4.98 Å². The van der Waals surface area contributed by atoms with E-state index < -0.39 is 0 Å². The molecule has 15 heavy (non-hydrogen) atoms. The number of hydrogen-bond donors (Lipinski definition) is 0. The molecule has 3 heteroatoms. The molecule has 1 aromatic heterocycles. The standard InChI is InChI=1S/C12H15NOS/c1-10-4-2-5-11(13-10)8-12(9-14)6-3-7-15-12/h2,4-5,9H,3,6-8H2,1H3. The summed E-state index contributed by atoms with van der Waals surface area (Å²) in [6.45, 7) is 1.98. The van der Waals surface area contributed by atoms with Gasteiger partial charge in [0.2, 0.25) is 0 Å². The van der Waals surface area contributed by atoms with Gasteiger partial charge in [0.15, 0.2) is 0 Å². The molecule has 0 aromatic carbocycles. The molecule has 1 fully saturated rings. The lowest BCUT2D eigenvalue weighted by Gasteiger charge is -2.20. The quantitative estimate of drug-likeness (QED) is 0.734. The fourth-order valence-corrected chi connectivity index (χ4v) is 3.30. The molecule has 0 saturated carbocycles. The molecule has 2 heterocycles. The van der Waals surface area contributed by atoms with Crippen LogP contribution in [0.4, 0.5) is 0 Å². The Balaban J connectivity index is 2.16. The van der Waals surface area contributed by atoms with Crippen molar-refractivity contribution in [2.45, 2.75) is 30.9 Å². The predicted molar refractivity (Wildman–Crippen MR) is 63.2 cm³/mol. The molecule has 0 spiro atoms. The van der Waals surface area contributed by atoms with Crippen LogP contribution in [0.25, 0.3) is 0 Å². The minimum absolute atomic E-state index is 0.194. The number of carbonyl (C=O) groups is 1. The molecular weight excluding hydrogens is 206 g/mol. The number of aromatic nitrogens is 1. The largest absolute Gasteiger partial charge is 0.302 e. The Morgan fingerprint density at radius 2 is 2.47 bits per heavy atom. The monoisotopic (exact) mass is 221 g/mol.